The first-order valence-electron chi connectivity index (χ1n) is 7.26. The maximum Gasteiger partial charge on any atom is 0.228 e. The predicted molar refractivity (Wildman–Crippen MR) is 86.4 cm³/mol. The molecule has 0 radical (unpaired) electrons. The number of carbonyl (C=O) groups excluding carboxylic acids is 1. The van der Waals surface area contributed by atoms with Crippen molar-refractivity contribution in [1.29, 1.82) is 0 Å². The molecule has 3 rings (SSSR count). The Morgan fingerprint density at radius 3 is 3.10 bits per heavy atom. The lowest BCUT2D eigenvalue weighted by Gasteiger charge is -2.17. The summed E-state index contributed by atoms with van der Waals surface area (Å²) in [6, 6.07) is 4.40. The topological polar surface area (TPSA) is 67.1 Å². The van der Waals surface area contributed by atoms with E-state index in [1.54, 1.807) is 0 Å². The van der Waals surface area contributed by atoms with Crippen LogP contribution < -0.4 is 16.4 Å². The van der Waals surface area contributed by atoms with E-state index in [0.717, 1.165) is 27.9 Å². The molecular formula is C15H21N3OS. The van der Waals surface area contributed by atoms with E-state index in [0.29, 0.717) is 12.5 Å². The van der Waals surface area contributed by atoms with Gasteiger partial charge in [0.2, 0.25) is 5.91 Å². The van der Waals surface area contributed by atoms with Gasteiger partial charge in [-0.15, -0.1) is 0 Å². The molecule has 1 aliphatic heterocycles. The van der Waals surface area contributed by atoms with E-state index in [-0.39, 0.29) is 5.91 Å². The van der Waals surface area contributed by atoms with Crippen molar-refractivity contribution in [2.75, 3.05) is 22.1 Å². The van der Waals surface area contributed by atoms with E-state index < -0.39 is 0 Å². The first kappa shape index (κ1) is 13.6. The maximum atomic E-state index is 11.4. The molecule has 20 heavy (non-hydrogen) atoms. The maximum absolute atomic E-state index is 11.4. The summed E-state index contributed by atoms with van der Waals surface area (Å²) in [5.41, 5.74) is 9.71. The number of nitrogen functional groups attached to an aromatic ring is 1. The molecule has 0 spiro atoms. The first-order chi connectivity index (χ1) is 9.65. The average molecular weight is 291 g/mol. The first-order valence-corrected chi connectivity index (χ1v) is 8.31. The van der Waals surface area contributed by atoms with Crippen molar-refractivity contribution < 1.29 is 4.79 Å². The van der Waals surface area contributed by atoms with Crippen molar-refractivity contribution in [2.24, 2.45) is 0 Å². The van der Waals surface area contributed by atoms with Crippen LogP contribution in [0.5, 0.6) is 0 Å². The fourth-order valence-electron chi connectivity index (χ4n) is 3.10. The van der Waals surface area contributed by atoms with Crippen LogP contribution in [0.2, 0.25) is 0 Å². The second-order valence-corrected chi connectivity index (χ2v) is 7.13. The van der Waals surface area contributed by atoms with Crippen molar-refractivity contribution in [3.8, 4) is 0 Å². The molecule has 4 N–H and O–H groups in total. The van der Waals surface area contributed by atoms with Crippen molar-refractivity contribution >= 4 is 34.7 Å². The lowest BCUT2D eigenvalue weighted by atomic mass is 10.1. The van der Waals surface area contributed by atoms with Crippen molar-refractivity contribution in [3.05, 3.63) is 17.7 Å². The van der Waals surface area contributed by atoms with Crippen molar-refractivity contribution in [1.82, 2.24) is 0 Å². The van der Waals surface area contributed by atoms with Gasteiger partial charge >= 0.3 is 0 Å². The normalized spacial score (nSPS) is 24.6. The number of nitrogens with one attached hydrogen (secondary N) is 2. The predicted octanol–water partition coefficient (Wildman–Crippen LogP) is 2.85. The van der Waals surface area contributed by atoms with E-state index in [9.17, 15) is 4.79 Å². The number of carbonyl (C=O) groups is 1. The van der Waals surface area contributed by atoms with Gasteiger partial charge in [-0.1, -0.05) is 6.92 Å². The fourth-order valence-corrected chi connectivity index (χ4v) is 4.24. The Morgan fingerprint density at radius 2 is 2.30 bits per heavy atom. The minimum absolute atomic E-state index is 0.0526. The van der Waals surface area contributed by atoms with Crippen molar-refractivity contribution in [3.63, 3.8) is 0 Å². The van der Waals surface area contributed by atoms with Gasteiger partial charge in [-0.2, -0.15) is 11.8 Å². The Hall–Kier alpha value is -1.36. The Kier molecular flexibility index (Phi) is 3.78. The number of nitrogens with two attached hydrogens (primary N) is 1. The Morgan fingerprint density at radius 1 is 1.45 bits per heavy atom. The van der Waals surface area contributed by atoms with Crippen LogP contribution in [-0.4, -0.2) is 23.0 Å². The zero-order valence-electron chi connectivity index (χ0n) is 11.7. The van der Waals surface area contributed by atoms with Crippen LogP contribution in [-0.2, 0) is 11.2 Å². The molecule has 0 bridgehead atoms. The lowest BCUT2D eigenvalue weighted by Crippen LogP contribution is -2.17. The molecule has 1 aliphatic carbocycles. The van der Waals surface area contributed by atoms with Gasteiger partial charge in [0.05, 0.1) is 17.8 Å². The van der Waals surface area contributed by atoms with E-state index in [1.165, 1.54) is 25.0 Å². The second kappa shape index (κ2) is 5.56. The summed E-state index contributed by atoms with van der Waals surface area (Å²) in [5.74, 6) is 1.24. The summed E-state index contributed by atoms with van der Waals surface area (Å²) in [6.45, 7) is 2.21. The third-order valence-corrected chi connectivity index (χ3v) is 5.28. The van der Waals surface area contributed by atoms with Gasteiger partial charge in [0.25, 0.3) is 0 Å². The zero-order valence-corrected chi connectivity index (χ0v) is 12.6. The second-order valence-electron chi connectivity index (χ2n) is 5.55. The third kappa shape index (κ3) is 2.73. The minimum atomic E-state index is 0.0526. The van der Waals surface area contributed by atoms with Crippen LogP contribution in [0, 0.1) is 0 Å². The van der Waals surface area contributed by atoms with E-state index in [1.807, 2.05) is 23.9 Å². The summed E-state index contributed by atoms with van der Waals surface area (Å²) in [5, 5.41) is 7.20. The molecule has 2 aliphatic rings. The van der Waals surface area contributed by atoms with Gasteiger partial charge in [-0.25, -0.2) is 0 Å². The quantitative estimate of drug-likeness (QED) is 0.746. The number of hydrogen-bond donors (Lipinski definition) is 3. The van der Waals surface area contributed by atoms with Gasteiger partial charge in [-0.3, -0.25) is 4.79 Å². The highest BCUT2D eigenvalue weighted by Crippen LogP contribution is 2.35. The molecule has 0 saturated heterocycles. The SMILES string of the molecule is CCSC1CCC(Nc2cc3c(cc2N)CC(=O)N3)C1. The molecule has 0 aromatic heterocycles. The summed E-state index contributed by atoms with van der Waals surface area (Å²) < 4.78 is 0. The molecule has 2 atom stereocenters. The molecule has 1 aromatic carbocycles. The molecule has 4 nitrogen and oxygen atoms in total. The van der Waals surface area contributed by atoms with Gasteiger partial charge in [0, 0.05) is 17.0 Å². The standard InChI is InChI=1S/C15H21N3OS/c1-2-20-11-4-3-10(7-11)17-14-8-13-9(5-12(14)16)6-15(19)18-13/h5,8,10-11,17H,2-4,6-7,16H2,1H3,(H,18,19). The van der Waals surface area contributed by atoms with Gasteiger partial charge in [0.1, 0.15) is 0 Å². The lowest BCUT2D eigenvalue weighted by molar-refractivity contribution is -0.115. The van der Waals surface area contributed by atoms with Crippen LogP contribution in [0.1, 0.15) is 31.7 Å². The molecule has 1 saturated carbocycles. The molecule has 108 valence electrons. The van der Waals surface area contributed by atoms with Gasteiger partial charge in [0.15, 0.2) is 0 Å². The fraction of sp³-hybridized carbons (Fsp3) is 0.533. The number of anilines is 3. The molecular weight excluding hydrogens is 270 g/mol. The van der Waals surface area contributed by atoms with Crippen LogP contribution in [0.15, 0.2) is 12.1 Å². The van der Waals surface area contributed by atoms with Gasteiger partial charge < -0.3 is 16.4 Å². The van der Waals surface area contributed by atoms with Crippen molar-refractivity contribution in [2.45, 2.75) is 43.9 Å². The van der Waals surface area contributed by atoms with E-state index in [2.05, 4.69) is 17.6 Å². The highest BCUT2D eigenvalue weighted by molar-refractivity contribution is 7.99. The number of thioether (sulfide) groups is 1. The number of rotatable bonds is 4. The van der Waals surface area contributed by atoms with Crippen LogP contribution in [0.4, 0.5) is 17.1 Å². The summed E-state index contributed by atoms with van der Waals surface area (Å²) >= 11 is 2.05. The minimum Gasteiger partial charge on any atom is -0.397 e. The van der Waals surface area contributed by atoms with Gasteiger partial charge in [-0.05, 0) is 42.7 Å². The smallest absolute Gasteiger partial charge is 0.228 e. The van der Waals surface area contributed by atoms with E-state index in [4.69, 9.17) is 5.73 Å². The Labute approximate surface area is 123 Å². The number of hydrogen-bond acceptors (Lipinski definition) is 4. The van der Waals surface area contributed by atoms with Crippen LogP contribution >= 0.6 is 11.8 Å². The molecule has 1 fully saturated rings. The summed E-state index contributed by atoms with van der Waals surface area (Å²) in [6.07, 6.45) is 4.11. The highest BCUT2D eigenvalue weighted by Gasteiger charge is 2.26. The Balaban J connectivity index is 1.70. The largest absolute Gasteiger partial charge is 0.397 e. The molecule has 5 heteroatoms. The highest BCUT2D eigenvalue weighted by atomic mass is 32.2. The number of benzene rings is 1. The summed E-state index contributed by atoms with van der Waals surface area (Å²) in [7, 11) is 0. The molecule has 1 heterocycles. The third-order valence-electron chi connectivity index (χ3n) is 4.05. The number of amides is 1. The average Bonchev–Trinajstić information content (AvgIpc) is 2.96. The summed E-state index contributed by atoms with van der Waals surface area (Å²) in [4.78, 5) is 11.4. The molecule has 1 aromatic rings. The molecule has 2 unspecified atom stereocenters. The monoisotopic (exact) mass is 291 g/mol. The molecule has 1 amide bonds. The Bertz CT molecular complexity index is 532. The van der Waals surface area contributed by atoms with Crippen LogP contribution in [0.25, 0.3) is 0 Å². The zero-order chi connectivity index (χ0) is 14.1. The van der Waals surface area contributed by atoms with Crippen LogP contribution in [0.3, 0.4) is 0 Å². The van der Waals surface area contributed by atoms with E-state index >= 15 is 0 Å². The number of fused-ring (bicyclic) bond motifs is 1.